The van der Waals surface area contributed by atoms with Gasteiger partial charge in [-0.25, -0.2) is 13.6 Å². The fraction of sp³-hybridized carbons (Fsp3) is 0.417. The number of benzene rings is 1. The van der Waals surface area contributed by atoms with Crippen LogP contribution in [0.15, 0.2) is 12.1 Å². The van der Waals surface area contributed by atoms with Gasteiger partial charge in [-0.2, -0.15) is 0 Å². The smallest absolute Gasteiger partial charge is 0.326 e. The van der Waals surface area contributed by atoms with Crippen LogP contribution in [0.25, 0.3) is 0 Å². The summed E-state index contributed by atoms with van der Waals surface area (Å²) in [5.41, 5.74) is -1.23. The van der Waals surface area contributed by atoms with Crippen molar-refractivity contribution >= 4 is 17.3 Å². The molecule has 0 saturated carbocycles. The summed E-state index contributed by atoms with van der Waals surface area (Å²) < 4.78 is 27.8. The van der Waals surface area contributed by atoms with E-state index >= 15 is 0 Å². The topological polar surface area (TPSA) is 83.7 Å². The van der Waals surface area contributed by atoms with Gasteiger partial charge >= 0.3 is 5.97 Å². The van der Waals surface area contributed by atoms with E-state index in [1.165, 1.54) is 0 Å². The van der Waals surface area contributed by atoms with Gasteiger partial charge in [-0.3, -0.25) is 10.1 Å². The van der Waals surface area contributed by atoms with Crippen LogP contribution in [0.3, 0.4) is 0 Å². The molecule has 8 heteroatoms. The third-order valence-corrected chi connectivity index (χ3v) is 3.45. The van der Waals surface area contributed by atoms with Crippen molar-refractivity contribution in [2.45, 2.75) is 19.4 Å². The van der Waals surface area contributed by atoms with Gasteiger partial charge in [0.25, 0.3) is 5.69 Å². The van der Waals surface area contributed by atoms with Gasteiger partial charge in [-0.1, -0.05) is 6.92 Å². The number of hydrogen-bond donors (Lipinski definition) is 1. The number of nitro groups is 1. The van der Waals surface area contributed by atoms with Crippen molar-refractivity contribution in [1.29, 1.82) is 0 Å². The number of carbonyl (C=O) groups is 1. The molecule has 2 unspecified atom stereocenters. The van der Waals surface area contributed by atoms with E-state index in [9.17, 15) is 23.7 Å². The molecule has 0 aromatic heterocycles. The van der Waals surface area contributed by atoms with Gasteiger partial charge in [0.05, 0.1) is 17.1 Å². The predicted octanol–water partition coefficient (Wildman–Crippen LogP) is 2.17. The molecule has 1 aromatic carbocycles. The number of carboxylic acids is 1. The Morgan fingerprint density at radius 3 is 2.45 bits per heavy atom. The Hall–Kier alpha value is -2.25. The largest absolute Gasteiger partial charge is 0.480 e. The third kappa shape index (κ3) is 2.28. The number of carboxylic acid groups (broad SMARTS) is 1. The van der Waals surface area contributed by atoms with Crippen molar-refractivity contribution in [3.8, 4) is 0 Å². The van der Waals surface area contributed by atoms with Crippen molar-refractivity contribution in [1.82, 2.24) is 0 Å². The molecule has 1 heterocycles. The Morgan fingerprint density at radius 1 is 1.45 bits per heavy atom. The number of aliphatic carboxylic acids is 1. The Morgan fingerprint density at radius 2 is 2.00 bits per heavy atom. The number of nitro benzene ring substituents is 1. The quantitative estimate of drug-likeness (QED) is 0.680. The second-order valence-electron chi connectivity index (χ2n) is 4.76. The van der Waals surface area contributed by atoms with Gasteiger partial charge in [0, 0.05) is 6.54 Å². The minimum atomic E-state index is -1.17. The zero-order valence-corrected chi connectivity index (χ0v) is 10.5. The molecule has 1 fully saturated rings. The SMILES string of the molecule is CC1CCN(c2c(F)cc([N+](=O)[O-])cc2F)C1C(=O)O. The highest BCUT2D eigenvalue weighted by Crippen LogP contribution is 2.35. The second-order valence-corrected chi connectivity index (χ2v) is 4.76. The number of hydrogen-bond acceptors (Lipinski definition) is 4. The van der Waals surface area contributed by atoms with Crippen molar-refractivity contribution < 1.29 is 23.6 Å². The van der Waals surface area contributed by atoms with Gasteiger partial charge in [-0.05, 0) is 12.3 Å². The number of anilines is 1. The van der Waals surface area contributed by atoms with Crippen LogP contribution >= 0.6 is 0 Å². The van der Waals surface area contributed by atoms with Gasteiger partial charge < -0.3 is 10.0 Å². The Balaban J connectivity index is 2.48. The molecule has 0 bridgehead atoms. The summed E-state index contributed by atoms with van der Waals surface area (Å²) in [6, 6.07) is 0.154. The molecular weight excluding hydrogens is 274 g/mol. The molecule has 2 atom stereocenters. The zero-order chi connectivity index (χ0) is 15.0. The second kappa shape index (κ2) is 5.03. The molecule has 1 aromatic rings. The fourth-order valence-electron chi connectivity index (χ4n) is 2.51. The maximum Gasteiger partial charge on any atom is 0.326 e. The van der Waals surface area contributed by atoms with E-state index in [1.54, 1.807) is 6.92 Å². The Bertz CT molecular complexity index is 556. The van der Waals surface area contributed by atoms with E-state index in [1.807, 2.05) is 0 Å². The minimum Gasteiger partial charge on any atom is -0.480 e. The average Bonchev–Trinajstić information content (AvgIpc) is 2.70. The minimum absolute atomic E-state index is 0.184. The summed E-state index contributed by atoms with van der Waals surface area (Å²) in [6.07, 6.45) is 0.479. The highest BCUT2D eigenvalue weighted by Gasteiger charge is 2.39. The van der Waals surface area contributed by atoms with Crippen LogP contribution in [0, 0.1) is 27.7 Å². The summed E-state index contributed by atoms with van der Waals surface area (Å²) in [5.74, 6) is -3.69. The van der Waals surface area contributed by atoms with E-state index in [-0.39, 0.29) is 12.5 Å². The normalized spacial score (nSPS) is 22.1. The van der Waals surface area contributed by atoms with E-state index in [0.717, 1.165) is 4.90 Å². The molecule has 20 heavy (non-hydrogen) atoms. The molecule has 2 rings (SSSR count). The Labute approximate surface area is 112 Å². The molecule has 1 N–H and O–H groups in total. The van der Waals surface area contributed by atoms with Gasteiger partial charge in [0.15, 0.2) is 11.6 Å². The van der Waals surface area contributed by atoms with Crippen LogP contribution in [-0.2, 0) is 4.79 Å². The first-order chi connectivity index (χ1) is 9.32. The highest BCUT2D eigenvalue weighted by atomic mass is 19.1. The summed E-state index contributed by atoms with van der Waals surface area (Å²) in [5, 5.41) is 19.7. The summed E-state index contributed by atoms with van der Waals surface area (Å²) in [7, 11) is 0. The predicted molar refractivity (Wildman–Crippen MR) is 65.6 cm³/mol. The monoisotopic (exact) mass is 286 g/mol. The lowest BCUT2D eigenvalue weighted by Gasteiger charge is -2.26. The first-order valence-corrected chi connectivity index (χ1v) is 5.95. The van der Waals surface area contributed by atoms with Crippen LogP contribution in [0.4, 0.5) is 20.2 Å². The molecule has 0 spiro atoms. The number of nitrogens with zero attached hydrogens (tertiary/aromatic N) is 2. The maximum absolute atomic E-state index is 13.9. The number of rotatable bonds is 3. The first kappa shape index (κ1) is 14.2. The summed E-state index contributed by atoms with van der Waals surface area (Å²) in [6.45, 7) is 1.86. The molecule has 0 amide bonds. The lowest BCUT2D eigenvalue weighted by atomic mass is 10.0. The van der Waals surface area contributed by atoms with Crippen molar-refractivity contribution in [3.05, 3.63) is 33.9 Å². The lowest BCUT2D eigenvalue weighted by Crippen LogP contribution is -2.40. The first-order valence-electron chi connectivity index (χ1n) is 5.95. The molecule has 6 nitrogen and oxygen atoms in total. The molecule has 1 aliphatic rings. The van der Waals surface area contributed by atoms with Crippen molar-refractivity contribution in [2.75, 3.05) is 11.4 Å². The maximum atomic E-state index is 13.9. The van der Waals surface area contributed by atoms with E-state index in [2.05, 4.69) is 0 Å². The van der Waals surface area contributed by atoms with Crippen LogP contribution in [-0.4, -0.2) is 28.6 Å². The van der Waals surface area contributed by atoms with Crippen molar-refractivity contribution in [2.24, 2.45) is 5.92 Å². The van der Waals surface area contributed by atoms with Crippen LogP contribution in [0.1, 0.15) is 13.3 Å². The van der Waals surface area contributed by atoms with Gasteiger partial charge in [0.2, 0.25) is 0 Å². The van der Waals surface area contributed by atoms with E-state index < -0.39 is 39.9 Å². The fourth-order valence-corrected chi connectivity index (χ4v) is 2.51. The van der Waals surface area contributed by atoms with Gasteiger partial charge in [0.1, 0.15) is 11.7 Å². The molecule has 1 aliphatic heterocycles. The van der Waals surface area contributed by atoms with Gasteiger partial charge in [-0.15, -0.1) is 0 Å². The standard InChI is InChI=1S/C12H12F2N2O4/c1-6-2-3-15(10(6)12(17)18)11-8(13)4-7(16(19)20)5-9(11)14/h4-6,10H,2-3H2,1H3,(H,17,18). The number of halogens is 2. The highest BCUT2D eigenvalue weighted by molar-refractivity contribution is 5.79. The van der Waals surface area contributed by atoms with Crippen LogP contribution in [0.2, 0.25) is 0 Å². The molecule has 0 aliphatic carbocycles. The van der Waals surface area contributed by atoms with E-state index in [0.29, 0.717) is 18.6 Å². The average molecular weight is 286 g/mol. The summed E-state index contributed by atoms with van der Waals surface area (Å²) >= 11 is 0. The number of non-ortho nitro benzene ring substituents is 1. The van der Waals surface area contributed by atoms with Crippen molar-refractivity contribution in [3.63, 3.8) is 0 Å². The van der Waals surface area contributed by atoms with Crippen LogP contribution in [0.5, 0.6) is 0 Å². The molecule has 108 valence electrons. The molecule has 0 radical (unpaired) electrons. The lowest BCUT2D eigenvalue weighted by molar-refractivity contribution is -0.385. The molecular formula is C12H12F2N2O4. The molecule has 1 saturated heterocycles. The van der Waals surface area contributed by atoms with E-state index in [4.69, 9.17) is 5.11 Å². The Kier molecular flexibility index (Phi) is 3.56. The van der Waals surface area contributed by atoms with Crippen LogP contribution < -0.4 is 4.90 Å². The zero-order valence-electron chi connectivity index (χ0n) is 10.5. The third-order valence-electron chi connectivity index (χ3n) is 3.45. The summed E-state index contributed by atoms with van der Waals surface area (Å²) in [4.78, 5) is 21.9.